The topological polar surface area (TPSA) is 87.7 Å². The summed E-state index contributed by atoms with van der Waals surface area (Å²) in [6.07, 6.45) is 1.82. The lowest BCUT2D eigenvalue weighted by atomic mass is 10.1. The molecule has 2 aliphatic heterocycles. The molecule has 0 aromatic heterocycles. The summed E-state index contributed by atoms with van der Waals surface area (Å²) in [5.74, 6) is -0.653. The third kappa shape index (κ3) is 3.66. The van der Waals surface area contributed by atoms with Gasteiger partial charge in [-0.1, -0.05) is 13.8 Å². The highest BCUT2D eigenvalue weighted by Gasteiger charge is 2.36. The minimum atomic E-state index is -0.585. The molecule has 26 heavy (non-hydrogen) atoms. The van der Waals surface area contributed by atoms with Gasteiger partial charge in [-0.25, -0.2) is 4.79 Å². The zero-order valence-electron chi connectivity index (χ0n) is 15.4. The Labute approximate surface area is 153 Å². The molecule has 2 atom stereocenters. The molecule has 2 amide bonds. The van der Waals surface area contributed by atoms with Crippen LogP contribution in [0.5, 0.6) is 0 Å². The van der Waals surface area contributed by atoms with E-state index in [2.05, 4.69) is 15.5 Å². The highest BCUT2D eigenvalue weighted by molar-refractivity contribution is 6.05. The Morgan fingerprint density at radius 1 is 1.35 bits per heavy atom. The van der Waals surface area contributed by atoms with Crippen molar-refractivity contribution in [2.75, 3.05) is 23.4 Å². The fraction of sp³-hybridized carbons (Fsp3) is 0.526. The zero-order chi connectivity index (χ0) is 18.8. The van der Waals surface area contributed by atoms with Gasteiger partial charge in [0.25, 0.3) is 5.91 Å². The van der Waals surface area contributed by atoms with Crippen LogP contribution in [0, 0.1) is 5.92 Å². The van der Waals surface area contributed by atoms with Crippen LogP contribution < -0.4 is 15.5 Å². The van der Waals surface area contributed by atoms with Crippen molar-refractivity contribution in [2.45, 2.75) is 45.7 Å². The van der Waals surface area contributed by atoms with Crippen LogP contribution in [-0.4, -0.2) is 43.0 Å². The van der Waals surface area contributed by atoms with Crippen LogP contribution in [-0.2, 0) is 14.3 Å². The van der Waals surface area contributed by atoms with Gasteiger partial charge in [-0.15, -0.1) is 0 Å². The fourth-order valence-electron chi connectivity index (χ4n) is 3.23. The van der Waals surface area contributed by atoms with Crippen LogP contribution in [0.2, 0.25) is 0 Å². The van der Waals surface area contributed by atoms with Crippen LogP contribution >= 0.6 is 0 Å². The molecule has 7 heteroatoms. The number of amides is 2. The maximum atomic E-state index is 12.2. The maximum absolute atomic E-state index is 12.2. The zero-order valence-corrected chi connectivity index (χ0v) is 15.4. The Morgan fingerprint density at radius 2 is 2.12 bits per heavy atom. The monoisotopic (exact) mass is 359 g/mol. The summed E-state index contributed by atoms with van der Waals surface area (Å²) in [5.41, 5.74) is 1.85. The highest BCUT2D eigenvalue weighted by Crippen LogP contribution is 2.37. The number of ether oxygens (including phenoxy) is 1. The molecule has 2 aliphatic rings. The minimum Gasteiger partial charge on any atom is -0.452 e. The lowest BCUT2D eigenvalue weighted by Gasteiger charge is -2.33. The predicted molar refractivity (Wildman–Crippen MR) is 98.2 cm³/mol. The molecule has 0 unspecified atom stereocenters. The number of carbonyl (C=O) groups is 3. The first-order chi connectivity index (χ1) is 12.4. The van der Waals surface area contributed by atoms with E-state index in [0.29, 0.717) is 17.2 Å². The standard InChI is InChI=1S/C19H25N3O4/c1-11(2)12(3)20-17(23)10-26-19(25)13-6-7-15-14(9-13)21-18(24)16-5-4-8-22(15)16/h6-7,9,11-12,16H,4-5,8,10H2,1-3H3,(H,20,23)(H,21,24)/t12-,16-/m0/s1. The average molecular weight is 359 g/mol. The number of rotatable bonds is 5. The molecule has 1 aromatic carbocycles. The van der Waals surface area contributed by atoms with E-state index in [-0.39, 0.29) is 30.5 Å². The van der Waals surface area contributed by atoms with Crippen molar-refractivity contribution in [3.8, 4) is 0 Å². The number of benzene rings is 1. The quantitative estimate of drug-likeness (QED) is 0.785. The summed E-state index contributed by atoms with van der Waals surface area (Å²) in [4.78, 5) is 38.3. The predicted octanol–water partition coefficient (Wildman–Crippen LogP) is 1.92. The molecular weight excluding hydrogens is 334 g/mol. The van der Waals surface area contributed by atoms with Crippen LogP contribution in [0.4, 0.5) is 11.4 Å². The first kappa shape index (κ1) is 18.2. The van der Waals surface area contributed by atoms with Crippen molar-refractivity contribution in [3.63, 3.8) is 0 Å². The molecule has 2 N–H and O–H groups in total. The fourth-order valence-corrected chi connectivity index (χ4v) is 3.23. The van der Waals surface area contributed by atoms with Crippen molar-refractivity contribution >= 4 is 29.2 Å². The highest BCUT2D eigenvalue weighted by atomic mass is 16.5. The van der Waals surface area contributed by atoms with Crippen LogP contribution in [0.25, 0.3) is 0 Å². The number of nitrogens with one attached hydrogen (secondary N) is 2. The van der Waals surface area contributed by atoms with Crippen molar-refractivity contribution in [2.24, 2.45) is 5.92 Å². The van der Waals surface area contributed by atoms with Crippen LogP contribution in [0.1, 0.15) is 44.0 Å². The van der Waals surface area contributed by atoms with Crippen LogP contribution in [0.3, 0.4) is 0 Å². The van der Waals surface area contributed by atoms with Gasteiger partial charge in [-0.3, -0.25) is 9.59 Å². The molecule has 0 bridgehead atoms. The number of fused-ring (bicyclic) bond motifs is 3. The maximum Gasteiger partial charge on any atom is 0.338 e. The van der Waals surface area contributed by atoms with E-state index in [4.69, 9.17) is 4.74 Å². The average Bonchev–Trinajstić information content (AvgIpc) is 3.09. The third-order valence-electron chi connectivity index (χ3n) is 5.08. The van der Waals surface area contributed by atoms with Gasteiger partial charge in [0.1, 0.15) is 6.04 Å². The minimum absolute atomic E-state index is 0.00793. The van der Waals surface area contributed by atoms with E-state index >= 15 is 0 Å². The molecule has 0 spiro atoms. The van der Waals surface area contributed by atoms with Gasteiger partial charge >= 0.3 is 5.97 Å². The SMILES string of the molecule is CC(C)[C@H](C)NC(=O)COC(=O)c1ccc2c(c1)NC(=O)[C@@H]1CCCN21. The Morgan fingerprint density at radius 3 is 2.85 bits per heavy atom. The second kappa shape index (κ2) is 7.35. The first-order valence-electron chi connectivity index (χ1n) is 9.05. The first-order valence-corrected chi connectivity index (χ1v) is 9.05. The molecule has 0 saturated carbocycles. The van der Waals surface area contributed by atoms with Crippen molar-refractivity contribution in [1.29, 1.82) is 0 Å². The molecule has 7 nitrogen and oxygen atoms in total. The Kier molecular flexibility index (Phi) is 5.15. The number of esters is 1. The molecule has 2 heterocycles. The molecule has 140 valence electrons. The van der Waals surface area contributed by atoms with Gasteiger partial charge < -0.3 is 20.3 Å². The molecule has 3 rings (SSSR count). The molecular formula is C19H25N3O4. The van der Waals surface area contributed by atoms with Crippen molar-refractivity contribution in [1.82, 2.24) is 5.32 Å². The van der Waals surface area contributed by atoms with Crippen LogP contribution in [0.15, 0.2) is 18.2 Å². The van der Waals surface area contributed by atoms with Crippen molar-refractivity contribution < 1.29 is 19.1 Å². The van der Waals surface area contributed by atoms with Gasteiger partial charge in [-0.2, -0.15) is 0 Å². The largest absolute Gasteiger partial charge is 0.452 e. The lowest BCUT2D eigenvalue weighted by Crippen LogP contribution is -2.43. The summed E-state index contributed by atoms with van der Waals surface area (Å²) < 4.78 is 5.10. The molecule has 1 saturated heterocycles. The number of anilines is 2. The van der Waals surface area contributed by atoms with Gasteiger partial charge in [-0.05, 0) is 43.9 Å². The molecule has 0 aliphatic carbocycles. The normalized spacial score (nSPS) is 19.5. The van der Waals surface area contributed by atoms with E-state index in [9.17, 15) is 14.4 Å². The second-order valence-electron chi connectivity index (χ2n) is 7.25. The van der Waals surface area contributed by atoms with E-state index < -0.39 is 5.97 Å². The van der Waals surface area contributed by atoms with E-state index in [1.165, 1.54) is 0 Å². The summed E-state index contributed by atoms with van der Waals surface area (Å²) in [6.45, 7) is 6.42. The summed E-state index contributed by atoms with van der Waals surface area (Å²) >= 11 is 0. The molecule has 0 radical (unpaired) electrons. The summed E-state index contributed by atoms with van der Waals surface area (Å²) in [7, 11) is 0. The van der Waals surface area contributed by atoms with E-state index in [1.54, 1.807) is 12.1 Å². The molecule has 1 aromatic rings. The lowest BCUT2D eigenvalue weighted by molar-refractivity contribution is -0.125. The van der Waals surface area contributed by atoms with E-state index in [1.807, 2.05) is 26.8 Å². The Hall–Kier alpha value is -2.57. The van der Waals surface area contributed by atoms with Gasteiger partial charge in [0, 0.05) is 12.6 Å². The number of hydrogen-bond donors (Lipinski definition) is 2. The number of nitrogens with zero attached hydrogens (tertiary/aromatic N) is 1. The third-order valence-corrected chi connectivity index (χ3v) is 5.08. The molecule has 1 fully saturated rings. The number of hydrogen-bond acceptors (Lipinski definition) is 5. The Bertz CT molecular complexity index is 731. The van der Waals surface area contributed by atoms with Gasteiger partial charge in [0.15, 0.2) is 6.61 Å². The summed E-state index contributed by atoms with van der Waals surface area (Å²) in [5, 5.41) is 5.65. The summed E-state index contributed by atoms with van der Waals surface area (Å²) in [6, 6.07) is 4.99. The second-order valence-corrected chi connectivity index (χ2v) is 7.25. The number of carbonyl (C=O) groups excluding carboxylic acids is 3. The van der Waals surface area contributed by atoms with Gasteiger partial charge in [0.05, 0.1) is 16.9 Å². The van der Waals surface area contributed by atoms with Crippen molar-refractivity contribution in [3.05, 3.63) is 23.8 Å². The Balaban J connectivity index is 1.63. The van der Waals surface area contributed by atoms with Gasteiger partial charge in [0.2, 0.25) is 5.91 Å². The van der Waals surface area contributed by atoms with E-state index in [0.717, 1.165) is 25.1 Å². The smallest absolute Gasteiger partial charge is 0.338 e.